The highest BCUT2D eigenvalue weighted by atomic mass is 16.5. The van der Waals surface area contributed by atoms with Crippen LogP contribution in [0.15, 0.2) is 66.9 Å². The minimum absolute atomic E-state index is 0.140. The first kappa shape index (κ1) is 19.4. The number of rotatable bonds is 8. The van der Waals surface area contributed by atoms with Gasteiger partial charge in [-0.05, 0) is 29.7 Å². The van der Waals surface area contributed by atoms with Crippen molar-refractivity contribution in [2.24, 2.45) is 0 Å². The van der Waals surface area contributed by atoms with E-state index in [4.69, 9.17) is 4.74 Å². The third kappa shape index (κ3) is 5.07. The lowest BCUT2D eigenvalue weighted by Crippen LogP contribution is -2.27. The summed E-state index contributed by atoms with van der Waals surface area (Å²) in [7, 11) is 3.43. The van der Waals surface area contributed by atoms with Crippen molar-refractivity contribution >= 4 is 11.9 Å². The fraction of sp³-hybridized carbons (Fsp3) is 0.227. The van der Waals surface area contributed by atoms with Crippen molar-refractivity contribution in [3.8, 4) is 5.75 Å². The Morgan fingerprint density at radius 3 is 2.61 bits per heavy atom. The monoisotopic (exact) mass is 376 g/mol. The predicted octanol–water partition coefficient (Wildman–Crippen LogP) is 3.41. The van der Waals surface area contributed by atoms with E-state index in [0.29, 0.717) is 24.7 Å². The Labute approximate surface area is 165 Å². The van der Waals surface area contributed by atoms with Gasteiger partial charge in [-0.3, -0.25) is 4.79 Å². The highest BCUT2D eigenvalue weighted by Gasteiger charge is 2.14. The largest absolute Gasteiger partial charge is 0.496 e. The van der Waals surface area contributed by atoms with Gasteiger partial charge in [0.2, 0.25) is 5.95 Å². The Kier molecular flexibility index (Phi) is 6.57. The first-order valence-electron chi connectivity index (χ1n) is 9.15. The third-order valence-electron chi connectivity index (χ3n) is 4.35. The van der Waals surface area contributed by atoms with Gasteiger partial charge in [0.1, 0.15) is 11.4 Å². The van der Waals surface area contributed by atoms with E-state index < -0.39 is 0 Å². The molecule has 1 aromatic heterocycles. The van der Waals surface area contributed by atoms with Crippen LogP contribution in [-0.4, -0.2) is 41.5 Å². The maximum atomic E-state index is 12.7. The molecule has 0 atom stereocenters. The summed E-state index contributed by atoms with van der Waals surface area (Å²) in [5, 5.41) is 3.18. The maximum absolute atomic E-state index is 12.7. The molecule has 0 spiro atoms. The molecule has 6 nitrogen and oxygen atoms in total. The van der Waals surface area contributed by atoms with Crippen LogP contribution in [0, 0.1) is 0 Å². The third-order valence-corrected chi connectivity index (χ3v) is 4.35. The smallest absolute Gasteiger partial charge is 0.272 e. The second-order valence-electron chi connectivity index (χ2n) is 6.40. The van der Waals surface area contributed by atoms with Gasteiger partial charge in [0.15, 0.2) is 0 Å². The van der Waals surface area contributed by atoms with Gasteiger partial charge in [-0.1, -0.05) is 48.5 Å². The summed E-state index contributed by atoms with van der Waals surface area (Å²) < 4.78 is 5.36. The standard InChI is InChI=1S/C22H24N4O2/c1-26(16-17-8-4-3-5-9-17)21(27)19-13-15-24-22(25-19)23-14-12-18-10-6-7-11-20(18)28-2/h3-11,13,15H,12,14,16H2,1-2H3,(H,23,24,25). The number of nitrogens with one attached hydrogen (secondary N) is 1. The average Bonchev–Trinajstić information content (AvgIpc) is 2.74. The Morgan fingerprint density at radius 1 is 1.07 bits per heavy atom. The number of aromatic nitrogens is 2. The zero-order chi connectivity index (χ0) is 19.8. The lowest BCUT2D eigenvalue weighted by atomic mass is 10.1. The van der Waals surface area contributed by atoms with Crippen LogP contribution in [0.25, 0.3) is 0 Å². The molecule has 0 radical (unpaired) electrons. The Morgan fingerprint density at radius 2 is 1.82 bits per heavy atom. The van der Waals surface area contributed by atoms with Crippen LogP contribution >= 0.6 is 0 Å². The molecule has 0 saturated heterocycles. The predicted molar refractivity (Wildman–Crippen MR) is 109 cm³/mol. The summed E-state index contributed by atoms with van der Waals surface area (Å²) in [5.41, 5.74) is 2.54. The lowest BCUT2D eigenvalue weighted by Gasteiger charge is -2.17. The fourth-order valence-corrected chi connectivity index (χ4v) is 2.91. The highest BCUT2D eigenvalue weighted by Crippen LogP contribution is 2.17. The summed E-state index contributed by atoms with van der Waals surface area (Å²) in [6, 6.07) is 19.4. The average molecular weight is 376 g/mol. The first-order valence-corrected chi connectivity index (χ1v) is 9.15. The molecule has 0 aliphatic carbocycles. The molecule has 0 fully saturated rings. The minimum atomic E-state index is -0.140. The van der Waals surface area contributed by atoms with E-state index in [1.165, 1.54) is 0 Å². The van der Waals surface area contributed by atoms with E-state index in [0.717, 1.165) is 23.3 Å². The van der Waals surface area contributed by atoms with Crippen molar-refractivity contribution in [2.45, 2.75) is 13.0 Å². The van der Waals surface area contributed by atoms with Gasteiger partial charge in [0.05, 0.1) is 7.11 Å². The molecule has 144 valence electrons. The molecule has 2 aromatic carbocycles. The van der Waals surface area contributed by atoms with Gasteiger partial charge in [0.25, 0.3) is 5.91 Å². The van der Waals surface area contributed by atoms with Crippen molar-refractivity contribution in [1.29, 1.82) is 0 Å². The van der Waals surface area contributed by atoms with Crippen LogP contribution in [0.1, 0.15) is 21.6 Å². The summed E-state index contributed by atoms with van der Waals surface area (Å²) in [5.74, 6) is 1.16. The molecular weight excluding hydrogens is 352 g/mol. The van der Waals surface area contributed by atoms with Crippen LogP contribution in [0.2, 0.25) is 0 Å². The van der Waals surface area contributed by atoms with Gasteiger partial charge in [0, 0.05) is 26.3 Å². The van der Waals surface area contributed by atoms with Gasteiger partial charge < -0.3 is 15.0 Å². The molecule has 0 unspecified atom stereocenters. The number of para-hydroxylation sites is 1. The normalized spacial score (nSPS) is 10.4. The molecule has 3 aromatic rings. The number of hydrogen-bond donors (Lipinski definition) is 1. The molecule has 1 heterocycles. The van der Waals surface area contributed by atoms with Gasteiger partial charge in [-0.2, -0.15) is 0 Å². The van der Waals surface area contributed by atoms with Crippen molar-refractivity contribution in [1.82, 2.24) is 14.9 Å². The molecule has 1 N–H and O–H groups in total. The first-order chi connectivity index (χ1) is 13.7. The summed E-state index contributed by atoms with van der Waals surface area (Å²) in [4.78, 5) is 22.9. The molecule has 1 amide bonds. The van der Waals surface area contributed by atoms with Gasteiger partial charge in [-0.25, -0.2) is 9.97 Å². The van der Waals surface area contributed by atoms with Crippen molar-refractivity contribution < 1.29 is 9.53 Å². The number of hydrogen-bond acceptors (Lipinski definition) is 5. The van der Waals surface area contributed by atoms with Crippen LogP contribution in [0.3, 0.4) is 0 Å². The van der Waals surface area contributed by atoms with Crippen LogP contribution in [0.4, 0.5) is 5.95 Å². The Hall–Kier alpha value is -3.41. The van der Waals surface area contributed by atoms with E-state index in [1.807, 2.05) is 54.6 Å². The second kappa shape index (κ2) is 9.50. The topological polar surface area (TPSA) is 67.3 Å². The zero-order valence-electron chi connectivity index (χ0n) is 16.1. The number of benzene rings is 2. The Balaban J connectivity index is 1.59. The van der Waals surface area contributed by atoms with Crippen molar-refractivity contribution in [3.63, 3.8) is 0 Å². The molecule has 0 aliphatic heterocycles. The molecule has 3 rings (SSSR count). The molecule has 6 heteroatoms. The van der Waals surface area contributed by atoms with E-state index in [-0.39, 0.29) is 5.91 Å². The van der Waals surface area contributed by atoms with Gasteiger partial charge in [-0.15, -0.1) is 0 Å². The van der Waals surface area contributed by atoms with Gasteiger partial charge >= 0.3 is 0 Å². The Bertz CT molecular complexity index is 915. The SMILES string of the molecule is COc1ccccc1CCNc1nccc(C(=O)N(C)Cc2ccccc2)n1. The zero-order valence-corrected chi connectivity index (χ0v) is 16.1. The molecule has 0 bridgehead atoms. The highest BCUT2D eigenvalue weighted by molar-refractivity contribution is 5.92. The van der Waals surface area contributed by atoms with Crippen LogP contribution in [-0.2, 0) is 13.0 Å². The minimum Gasteiger partial charge on any atom is -0.496 e. The second-order valence-corrected chi connectivity index (χ2v) is 6.40. The van der Waals surface area contributed by atoms with E-state index in [9.17, 15) is 4.79 Å². The van der Waals surface area contributed by atoms with Crippen molar-refractivity contribution in [2.75, 3.05) is 26.0 Å². The summed E-state index contributed by atoms with van der Waals surface area (Å²) >= 11 is 0. The van der Waals surface area contributed by atoms with Crippen molar-refractivity contribution in [3.05, 3.63) is 83.7 Å². The number of nitrogens with zero attached hydrogens (tertiary/aromatic N) is 3. The van der Waals surface area contributed by atoms with Crippen LogP contribution < -0.4 is 10.1 Å². The number of methoxy groups -OCH3 is 1. The van der Waals surface area contributed by atoms with E-state index in [2.05, 4.69) is 15.3 Å². The molecule has 0 aliphatic rings. The summed E-state index contributed by atoms with van der Waals surface area (Å²) in [6.45, 7) is 1.16. The van der Waals surface area contributed by atoms with E-state index >= 15 is 0 Å². The molecule has 28 heavy (non-hydrogen) atoms. The van der Waals surface area contributed by atoms with Crippen LogP contribution in [0.5, 0.6) is 5.75 Å². The molecule has 0 saturated carbocycles. The quantitative estimate of drug-likeness (QED) is 0.653. The molecular formula is C22H24N4O2. The summed E-state index contributed by atoms with van der Waals surface area (Å²) in [6.07, 6.45) is 2.36. The fourth-order valence-electron chi connectivity index (χ4n) is 2.91. The number of ether oxygens (including phenoxy) is 1. The maximum Gasteiger partial charge on any atom is 0.272 e. The van der Waals surface area contributed by atoms with E-state index in [1.54, 1.807) is 31.3 Å². The lowest BCUT2D eigenvalue weighted by molar-refractivity contribution is 0.0779. The number of anilines is 1. The number of carbonyl (C=O) groups is 1. The number of amides is 1. The number of carbonyl (C=O) groups excluding carboxylic acids is 1.